The zero-order chi connectivity index (χ0) is 52.8. The Hall–Kier alpha value is -2.90. The number of hydrogen-bond acceptors (Lipinski definition) is 15. The monoisotopic (exact) mass is 1050 g/mol. The second-order valence-corrected chi connectivity index (χ2v) is 20.1. The van der Waals surface area contributed by atoms with Gasteiger partial charge in [-0.2, -0.15) is 0 Å². The van der Waals surface area contributed by atoms with E-state index in [9.17, 15) is 64.0 Å². The summed E-state index contributed by atoms with van der Waals surface area (Å²) < 4.78 is 49.3. The first kappa shape index (κ1) is 66.1. The molecule has 0 aliphatic heterocycles. The summed E-state index contributed by atoms with van der Waals surface area (Å²) in [6, 6.07) is 0. The van der Waals surface area contributed by atoms with Crippen molar-refractivity contribution in [1.29, 1.82) is 0 Å². The third-order valence-corrected chi connectivity index (χ3v) is 12.7. The minimum absolute atomic E-state index is 0.0374. The van der Waals surface area contributed by atoms with E-state index in [1.54, 1.807) is 6.08 Å². The van der Waals surface area contributed by atoms with Crippen LogP contribution in [-0.4, -0.2) is 125 Å². The number of hydrogen-bond donors (Lipinski definition) is 9. The molecule has 0 bridgehead atoms. The number of aliphatic hydroxyl groups is 6. The van der Waals surface area contributed by atoms with Crippen LogP contribution >= 0.6 is 15.6 Å². The van der Waals surface area contributed by atoms with Crippen molar-refractivity contribution >= 4 is 27.6 Å². The summed E-state index contributed by atoms with van der Waals surface area (Å²) in [5.74, 6) is -1.51. The molecule has 18 nitrogen and oxygen atoms in total. The lowest BCUT2D eigenvalue weighted by atomic mass is 9.85. The molecule has 0 heterocycles. The fraction of sp³-hybridized carbons (Fsp3) is 0.686. The topological polar surface area (TPSA) is 296 Å². The van der Waals surface area contributed by atoms with Gasteiger partial charge in [0.15, 0.2) is 6.10 Å². The highest BCUT2D eigenvalue weighted by Crippen LogP contribution is 2.49. The van der Waals surface area contributed by atoms with Gasteiger partial charge in [-0.25, -0.2) is 9.13 Å². The van der Waals surface area contributed by atoms with Crippen LogP contribution in [0.15, 0.2) is 85.1 Å². The van der Waals surface area contributed by atoms with Crippen LogP contribution in [0.3, 0.4) is 0 Å². The molecule has 0 radical (unpaired) electrons. The molecule has 7 unspecified atom stereocenters. The predicted molar refractivity (Wildman–Crippen MR) is 271 cm³/mol. The molecule has 1 aliphatic rings. The maximum absolute atomic E-state index is 13.0. The quantitative estimate of drug-likeness (QED) is 0.0121. The number of carbonyl (C=O) groups is 2. The summed E-state index contributed by atoms with van der Waals surface area (Å²) >= 11 is 0. The van der Waals surface area contributed by atoms with Gasteiger partial charge in [0.1, 0.15) is 43.2 Å². The Morgan fingerprint density at radius 3 is 1.55 bits per heavy atom. The van der Waals surface area contributed by atoms with Gasteiger partial charge in [0.2, 0.25) is 0 Å². The SMILES string of the molecule is CC/C=C\C/C=C\C/C=C\C/C=C\CCCCCCCCC(=O)O[C@H](COC(=O)CCCC(O)C(O)C/C=C\C/C=C\C/C=C\CCCCC)COP(=O)(O)O[C@H]1C(O)C(O)C(O)[C@@H](OP(=O)(O)O)C1O. The molecule has 0 aromatic carbocycles. The fourth-order valence-electron chi connectivity index (χ4n) is 7.12. The van der Waals surface area contributed by atoms with Crippen molar-refractivity contribution in [2.45, 2.75) is 210 Å². The summed E-state index contributed by atoms with van der Waals surface area (Å²) in [4.78, 5) is 54.5. The maximum Gasteiger partial charge on any atom is 0.472 e. The van der Waals surface area contributed by atoms with Gasteiger partial charge < -0.3 is 54.8 Å². The molecule has 1 aliphatic carbocycles. The molecule has 0 amide bonds. The Morgan fingerprint density at radius 1 is 0.521 bits per heavy atom. The van der Waals surface area contributed by atoms with Crippen molar-refractivity contribution in [3.05, 3.63) is 85.1 Å². The van der Waals surface area contributed by atoms with Crippen molar-refractivity contribution in [3.63, 3.8) is 0 Å². The molecular formula is C51H86O18P2. The van der Waals surface area contributed by atoms with Gasteiger partial charge in [-0.05, 0) is 89.9 Å². The first-order chi connectivity index (χ1) is 33.9. The van der Waals surface area contributed by atoms with E-state index in [-0.39, 0.29) is 32.1 Å². The Bertz CT molecular complexity index is 1720. The van der Waals surface area contributed by atoms with Gasteiger partial charge >= 0.3 is 27.6 Å². The normalized spacial score (nSPS) is 22.5. The van der Waals surface area contributed by atoms with Gasteiger partial charge in [-0.3, -0.25) is 23.2 Å². The third-order valence-electron chi connectivity index (χ3n) is 11.2. The average molecular weight is 1050 g/mol. The zero-order valence-electron chi connectivity index (χ0n) is 41.8. The first-order valence-corrected chi connectivity index (χ1v) is 28.3. The minimum atomic E-state index is -5.40. The van der Waals surface area contributed by atoms with E-state index in [2.05, 4.69) is 85.2 Å². The average Bonchev–Trinajstić information content (AvgIpc) is 3.32. The fourth-order valence-corrected chi connectivity index (χ4v) is 8.66. The number of carbonyl (C=O) groups excluding carboxylic acids is 2. The van der Waals surface area contributed by atoms with Gasteiger partial charge in [0, 0.05) is 12.8 Å². The number of phosphoric acid groups is 2. The number of ether oxygens (including phenoxy) is 2. The van der Waals surface area contributed by atoms with Crippen LogP contribution in [0, 0.1) is 0 Å². The van der Waals surface area contributed by atoms with E-state index in [0.717, 1.165) is 77.0 Å². The van der Waals surface area contributed by atoms with Crippen molar-refractivity contribution in [2.75, 3.05) is 13.2 Å². The largest absolute Gasteiger partial charge is 0.472 e. The summed E-state index contributed by atoms with van der Waals surface area (Å²) in [6.07, 6.45) is 28.2. The molecule has 1 fully saturated rings. The maximum atomic E-state index is 13.0. The second kappa shape index (κ2) is 40.5. The van der Waals surface area contributed by atoms with Crippen molar-refractivity contribution in [3.8, 4) is 0 Å². The van der Waals surface area contributed by atoms with Crippen LogP contribution in [0.25, 0.3) is 0 Å². The standard InChI is InChI=1S/C51H86O18P2/c1-3-5-7-9-11-13-15-17-18-19-20-21-22-23-25-27-29-31-33-37-45(55)67-41(40-66-71(63,64)69-51-48(58)46(56)47(57)50(49(51)59)68-70(60,61)62)39-65-44(54)38-34-36-43(53)42(52)35-32-30-28-26-24-16-14-12-10-8-6-4-2/h5,7,11-14,17-18,20-21,24,26,30,32,41-43,46-53,56-59H,3-4,6,8-10,15-16,19,22-23,25,27-29,31,33-40H2,1-2H3,(H,63,64)(H2,60,61,62)/b7-5-,13-11-,14-12-,18-17-,21-20-,26-24-,32-30-/t41-,42?,43?,46?,47?,48?,49?,50-,51+/m1/s1. The second-order valence-electron chi connectivity index (χ2n) is 17.5. The van der Waals surface area contributed by atoms with E-state index < -0.39 is 95.7 Å². The van der Waals surface area contributed by atoms with Gasteiger partial charge in [0.25, 0.3) is 0 Å². The van der Waals surface area contributed by atoms with Gasteiger partial charge in [-0.15, -0.1) is 0 Å². The molecule has 9 N–H and O–H groups in total. The van der Waals surface area contributed by atoms with E-state index in [1.165, 1.54) is 19.3 Å². The molecule has 71 heavy (non-hydrogen) atoms. The number of unbranched alkanes of at least 4 members (excludes halogenated alkanes) is 9. The lowest BCUT2D eigenvalue weighted by molar-refractivity contribution is -0.216. The smallest absolute Gasteiger partial charge is 0.462 e. The highest BCUT2D eigenvalue weighted by molar-refractivity contribution is 7.47. The van der Waals surface area contributed by atoms with Crippen LogP contribution in [0.1, 0.15) is 155 Å². The lowest BCUT2D eigenvalue weighted by Crippen LogP contribution is -2.64. The Morgan fingerprint density at radius 2 is 1.00 bits per heavy atom. The Balaban J connectivity index is 2.67. The Kier molecular flexibility index (Phi) is 37.7. The molecule has 408 valence electrons. The molecule has 1 rings (SSSR count). The molecule has 1 saturated carbocycles. The number of allylic oxidation sites excluding steroid dienone is 13. The summed E-state index contributed by atoms with van der Waals surface area (Å²) in [6.45, 7) is 2.71. The van der Waals surface area contributed by atoms with E-state index >= 15 is 0 Å². The number of aliphatic hydroxyl groups excluding tert-OH is 6. The van der Waals surface area contributed by atoms with Crippen LogP contribution in [0.5, 0.6) is 0 Å². The van der Waals surface area contributed by atoms with Crippen LogP contribution < -0.4 is 0 Å². The third kappa shape index (κ3) is 34.3. The van der Waals surface area contributed by atoms with Crippen molar-refractivity contribution in [1.82, 2.24) is 0 Å². The summed E-state index contributed by atoms with van der Waals surface area (Å²) in [5, 5.41) is 62.1. The molecule has 0 aromatic rings. The van der Waals surface area contributed by atoms with Crippen LogP contribution in [-0.2, 0) is 41.8 Å². The number of esters is 2. The number of rotatable bonds is 41. The van der Waals surface area contributed by atoms with Gasteiger partial charge in [0.05, 0.1) is 18.8 Å². The Labute approximate surface area is 421 Å². The molecule has 20 heteroatoms. The predicted octanol–water partition coefficient (Wildman–Crippen LogP) is 8.12. The van der Waals surface area contributed by atoms with Crippen LogP contribution in [0.4, 0.5) is 0 Å². The first-order valence-electron chi connectivity index (χ1n) is 25.3. The van der Waals surface area contributed by atoms with E-state index in [1.807, 2.05) is 12.2 Å². The summed E-state index contributed by atoms with van der Waals surface area (Å²) in [7, 11) is -10.8. The minimum Gasteiger partial charge on any atom is -0.462 e. The van der Waals surface area contributed by atoms with Gasteiger partial charge in [-0.1, -0.05) is 137 Å². The number of phosphoric ester groups is 2. The lowest BCUT2D eigenvalue weighted by Gasteiger charge is -2.43. The summed E-state index contributed by atoms with van der Waals surface area (Å²) in [5.41, 5.74) is 0. The molecule has 0 spiro atoms. The molecule has 0 aromatic heterocycles. The highest BCUT2D eigenvalue weighted by Gasteiger charge is 2.54. The molecule has 0 saturated heterocycles. The van der Waals surface area contributed by atoms with E-state index in [4.69, 9.17) is 18.5 Å². The van der Waals surface area contributed by atoms with Crippen molar-refractivity contribution in [2.24, 2.45) is 0 Å². The highest BCUT2D eigenvalue weighted by atomic mass is 31.2. The molecular weight excluding hydrogens is 962 g/mol. The van der Waals surface area contributed by atoms with Crippen LogP contribution in [0.2, 0.25) is 0 Å². The molecule has 10 atom stereocenters. The zero-order valence-corrected chi connectivity index (χ0v) is 43.6. The van der Waals surface area contributed by atoms with E-state index in [0.29, 0.717) is 12.8 Å². The van der Waals surface area contributed by atoms with Crippen molar-refractivity contribution < 1.29 is 87.1 Å².